The van der Waals surface area contributed by atoms with Gasteiger partial charge in [0.15, 0.2) is 0 Å². The molecule has 6 heterocycles. The first kappa shape index (κ1) is 41.5. The zero-order valence-corrected chi connectivity index (χ0v) is 36.2. The lowest BCUT2D eigenvalue weighted by Gasteiger charge is -2.33. The Labute approximate surface area is 365 Å². The highest BCUT2D eigenvalue weighted by Crippen LogP contribution is 2.51. The van der Waals surface area contributed by atoms with E-state index in [1.54, 1.807) is 17.3 Å². The van der Waals surface area contributed by atoms with E-state index in [-0.39, 0.29) is 41.8 Å². The molecule has 0 aliphatic carbocycles. The summed E-state index contributed by atoms with van der Waals surface area (Å²) >= 11 is 0. The van der Waals surface area contributed by atoms with Crippen molar-refractivity contribution in [3.8, 4) is 45.1 Å². The van der Waals surface area contributed by atoms with Crippen molar-refractivity contribution in [1.82, 2.24) is 40.4 Å². The molecule has 4 aliphatic rings. The number of H-pyrrole nitrogens is 2. The topological polar surface area (TPSA) is 193 Å². The summed E-state index contributed by atoms with van der Waals surface area (Å²) in [5.41, 5.74) is 7.98. The van der Waals surface area contributed by atoms with E-state index in [0.29, 0.717) is 43.4 Å². The molecule has 4 amide bonds. The molecule has 63 heavy (non-hydrogen) atoms. The van der Waals surface area contributed by atoms with E-state index in [9.17, 15) is 19.2 Å². The maximum Gasteiger partial charge on any atom is 0.407 e. The molecule has 1 unspecified atom stereocenters. The fraction of sp³-hybridized carbons (Fsp3) is 0.404. The number of aromatic nitrogens is 4. The van der Waals surface area contributed by atoms with Crippen molar-refractivity contribution in [3.63, 3.8) is 0 Å². The van der Waals surface area contributed by atoms with Crippen LogP contribution in [0.5, 0.6) is 11.5 Å². The number of benzene rings is 3. The van der Waals surface area contributed by atoms with Crippen molar-refractivity contribution in [3.05, 3.63) is 95.3 Å². The summed E-state index contributed by atoms with van der Waals surface area (Å²) in [6, 6.07) is 15.1. The molecule has 4 aliphatic heterocycles. The standard InChI is InChI=1S/C47H52N8O8/c1-24(2)40(52-46(58)60-5)45(57)55-26(4)12-13-34(55)42-48-19-32(50-42)28-15-30-22-63-37-18-29(16-31-23-62-36(17-28)38(30)39(31)37)33-20-49-43(51-33)35-14-25(3)21-54(35)44(56)41(53-47(59)61-6)27-10-8-7-9-11-27/h7-11,15-20,24-26,34-35,40-41H,12-14,21-23H2,1-6H3,(H,48,50)(H,49,51)(H,52,58)(H,53,59)/t25-,26-,34-,35-,40?,41+/m0/s1. The molecule has 3 aromatic carbocycles. The minimum atomic E-state index is -0.918. The van der Waals surface area contributed by atoms with Gasteiger partial charge in [0.1, 0.15) is 48.4 Å². The molecule has 9 rings (SSSR count). The summed E-state index contributed by atoms with van der Waals surface area (Å²) in [7, 11) is 2.57. The first-order valence-corrected chi connectivity index (χ1v) is 21.5. The van der Waals surface area contributed by atoms with Crippen LogP contribution in [0.2, 0.25) is 0 Å². The maximum atomic E-state index is 14.2. The number of alkyl carbamates (subject to hydrolysis) is 2. The fourth-order valence-corrected chi connectivity index (χ4v) is 9.60. The number of methoxy groups -OCH3 is 2. The van der Waals surface area contributed by atoms with Crippen LogP contribution < -0.4 is 20.1 Å². The normalized spacial score (nSPS) is 20.6. The number of hydrogen-bond donors (Lipinski definition) is 4. The molecule has 2 fully saturated rings. The molecule has 0 bridgehead atoms. The number of imidazole rings is 2. The number of hydrogen-bond acceptors (Lipinski definition) is 10. The van der Waals surface area contributed by atoms with Gasteiger partial charge in [-0.2, -0.15) is 0 Å². The molecule has 4 N–H and O–H groups in total. The summed E-state index contributed by atoms with van der Waals surface area (Å²) in [4.78, 5) is 72.8. The van der Waals surface area contributed by atoms with Gasteiger partial charge in [-0.1, -0.05) is 51.1 Å². The van der Waals surface area contributed by atoms with Crippen LogP contribution in [0.3, 0.4) is 0 Å². The number of ether oxygens (including phenoxy) is 4. The van der Waals surface area contributed by atoms with Crippen molar-refractivity contribution >= 4 is 24.0 Å². The van der Waals surface area contributed by atoms with Crippen LogP contribution in [0.25, 0.3) is 33.6 Å². The second-order valence-electron chi connectivity index (χ2n) is 17.3. The van der Waals surface area contributed by atoms with E-state index >= 15 is 0 Å². The van der Waals surface area contributed by atoms with E-state index in [1.807, 2.05) is 68.1 Å². The zero-order chi connectivity index (χ0) is 44.1. The lowest BCUT2D eigenvalue weighted by molar-refractivity contribution is -0.137. The largest absolute Gasteiger partial charge is 0.488 e. The Morgan fingerprint density at radius 2 is 1.33 bits per heavy atom. The molecule has 0 saturated carbocycles. The molecule has 6 atom stereocenters. The third kappa shape index (κ3) is 7.71. The number of amides is 4. The van der Waals surface area contributed by atoms with Crippen LogP contribution in [0.4, 0.5) is 9.59 Å². The Hall–Kier alpha value is -6.84. The highest BCUT2D eigenvalue weighted by atomic mass is 16.5. The van der Waals surface area contributed by atoms with Gasteiger partial charge in [0.25, 0.3) is 5.91 Å². The summed E-state index contributed by atoms with van der Waals surface area (Å²) in [6.07, 6.45) is 4.51. The number of nitrogens with one attached hydrogen (secondary N) is 4. The predicted molar refractivity (Wildman–Crippen MR) is 231 cm³/mol. The number of nitrogens with zero attached hydrogens (tertiary/aromatic N) is 4. The Morgan fingerprint density at radius 1 is 0.762 bits per heavy atom. The minimum absolute atomic E-state index is 0.0331. The molecule has 2 saturated heterocycles. The second kappa shape index (κ2) is 16.8. The van der Waals surface area contributed by atoms with E-state index in [2.05, 4.69) is 39.7 Å². The molecule has 0 spiro atoms. The van der Waals surface area contributed by atoms with Gasteiger partial charge in [0.2, 0.25) is 5.91 Å². The third-order valence-electron chi connectivity index (χ3n) is 12.8. The van der Waals surface area contributed by atoms with Gasteiger partial charge in [-0.3, -0.25) is 9.59 Å². The lowest BCUT2D eigenvalue weighted by Crippen LogP contribution is -2.52. The van der Waals surface area contributed by atoms with Crippen LogP contribution in [-0.2, 0) is 32.3 Å². The van der Waals surface area contributed by atoms with Gasteiger partial charge >= 0.3 is 12.2 Å². The van der Waals surface area contributed by atoms with Crippen LogP contribution in [0, 0.1) is 11.8 Å². The second-order valence-corrected chi connectivity index (χ2v) is 17.3. The van der Waals surface area contributed by atoms with Crippen molar-refractivity contribution in [2.45, 2.75) is 90.4 Å². The molecule has 5 aromatic rings. The quantitative estimate of drug-likeness (QED) is 0.110. The molecule has 16 heteroatoms. The average Bonchev–Trinajstić information content (AvgIpc) is 4.13. The number of likely N-dealkylation sites (tertiary alicyclic amines) is 2. The first-order valence-electron chi connectivity index (χ1n) is 21.5. The van der Waals surface area contributed by atoms with Crippen molar-refractivity contribution in [2.75, 3.05) is 20.8 Å². The molecule has 328 valence electrons. The summed E-state index contributed by atoms with van der Waals surface area (Å²) in [5.74, 6) is 2.52. The highest BCUT2D eigenvalue weighted by molar-refractivity contribution is 5.90. The van der Waals surface area contributed by atoms with Crippen molar-refractivity contribution in [1.29, 1.82) is 0 Å². The van der Waals surface area contributed by atoms with Gasteiger partial charge in [-0.05, 0) is 67.9 Å². The van der Waals surface area contributed by atoms with Crippen molar-refractivity contribution < 1.29 is 38.1 Å². The highest BCUT2D eigenvalue weighted by Gasteiger charge is 2.42. The van der Waals surface area contributed by atoms with E-state index in [1.165, 1.54) is 14.2 Å². The van der Waals surface area contributed by atoms with Crippen LogP contribution in [0.15, 0.2) is 67.0 Å². The van der Waals surface area contributed by atoms with E-state index in [0.717, 1.165) is 69.1 Å². The molecular formula is C47H52N8O8. The van der Waals surface area contributed by atoms with Gasteiger partial charge < -0.3 is 49.3 Å². The summed E-state index contributed by atoms with van der Waals surface area (Å²) in [6.45, 7) is 9.10. The van der Waals surface area contributed by atoms with Gasteiger partial charge in [-0.15, -0.1) is 0 Å². The zero-order valence-electron chi connectivity index (χ0n) is 36.2. The van der Waals surface area contributed by atoms with E-state index in [4.69, 9.17) is 28.9 Å². The third-order valence-corrected chi connectivity index (χ3v) is 12.8. The van der Waals surface area contributed by atoms with Crippen LogP contribution in [-0.4, -0.2) is 86.6 Å². The molecule has 2 aromatic heterocycles. The summed E-state index contributed by atoms with van der Waals surface area (Å²) in [5, 5.41) is 5.46. The lowest BCUT2D eigenvalue weighted by atomic mass is 9.87. The van der Waals surface area contributed by atoms with Gasteiger partial charge in [0, 0.05) is 46.0 Å². The Kier molecular flexibility index (Phi) is 11.1. The predicted octanol–water partition coefficient (Wildman–Crippen LogP) is 7.36. The van der Waals surface area contributed by atoms with Crippen LogP contribution in [0.1, 0.15) is 93.4 Å². The molecule has 16 nitrogen and oxygen atoms in total. The SMILES string of the molecule is COC(=O)NC(C(=O)N1[C@@H](C)CC[C@H]1c1ncc(-c2cc3c4c(c2)OCc2cc(-c5cnc([C@@H]6C[C@H](C)CN6C(=O)[C@H](NC(=O)OC)c6ccccc6)[nH]5)cc(c2-4)OC3)[nH]1)C(C)C. The summed E-state index contributed by atoms with van der Waals surface area (Å²) < 4.78 is 22.6. The molecule has 0 radical (unpaired) electrons. The monoisotopic (exact) mass is 856 g/mol. The van der Waals surface area contributed by atoms with Crippen LogP contribution >= 0.6 is 0 Å². The fourth-order valence-electron chi connectivity index (χ4n) is 9.60. The number of rotatable bonds is 10. The maximum absolute atomic E-state index is 14.2. The Balaban J connectivity index is 0.954. The molecular weight excluding hydrogens is 805 g/mol. The van der Waals surface area contributed by atoms with Gasteiger partial charge in [0.05, 0.1) is 50.1 Å². The van der Waals surface area contributed by atoms with E-state index < -0.39 is 24.3 Å². The van der Waals surface area contributed by atoms with Gasteiger partial charge in [-0.25, -0.2) is 19.6 Å². The Morgan fingerprint density at radius 3 is 1.90 bits per heavy atom. The smallest absolute Gasteiger partial charge is 0.407 e. The average molecular weight is 857 g/mol. The van der Waals surface area contributed by atoms with Crippen molar-refractivity contribution in [2.24, 2.45) is 11.8 Å². The number of carbonyl (C=O) groups is 4. The Bertz CT molecular complexity index is 2520. The number of aromatic amines is 2. The first-order chi connectivity index (χ1) is 30.4. The minimum Gasteiger partial charge on any atom is -0.488 e. The number of carbonyl (C=O) groups excluding carboxylic acids is 4.